The third-order valence-electron chi connectivity index (χ3n) is 2.00. The summed E-state index contributed by atoms with van der Waals surface area (Å²) in [7, 11) is -3.07. The zero-order chi connectivity index (χ0) is 15.0. The standard InChI is InChI=1S/C11H15ClN4O3S/c1-20(17,18)7-6-19-16-11(13)15-14-8-9-4-2-3-5-10(9)12/h2-5,8H,6-7H2,1H3,(H3,13,15,16). The Labute approximate surface area is 122 Å². The first-order valence-electron chi connectivity index (χ1n) is 5.55. The first kappa shape index (κ1) is 16.4. The van der Waals surface area contributed by atoms with Gasteiger partial charge >= 0.3 is 0 Å². The lowest BCUT2D eigenvalue weighted by atomic mass is 10.2. The Morgan fingerprint density at radius 2 is 2.20 bits per heavy atom. The Bertz CT molecular complexity index is 601. The van der Waals surface area contributed by atoms with E-state index in [1.807, 2.05) is 6.07 Å². The molecule has 0 aliphatic heterocycles. The van der Waals surface area contributed by atoms with Crippen molar-refractivity contribution in [2.24, 2.45) is 15.9 Å². The van der Waals surface area contributed by atoms with Crippen LogP contribution in [0.2, 0.25) is 5.02 Å². The van der Waals surface area contributed by atoms with Crippen molar-refractivity contribution in [2.75, 3.05) is 18.6 Å². The van der Waals surface area contributed by atoms with E-state index in [0.29, 0.717) is 10.6 Å². The maximum atomic E-state index is 10.8. The van der Waals surface area contributed by atoms with Gasteiger partial charge in [-0.2, -0.15) is 5.10 Å². The van der Waals surface area contributed by atoms with Gasteiger partial charge < -0.3 is 5.73 Å². The number of nitrogens with two attached hydrogens (primary N) is 1. The average Bonchev–Trinajstić information content (AvgIpc) is 2.36. The van der Waals surface area contributed by atoms with Gasteiger partial charge in [-0.1, -0.05) is 29.8 Å². The maximum Gasteiger partial charge on any atom is 0.237 e. The second-order valence-electron chi connectivity index (χ2n) is 3.83. The highest BCUT2D eigenvalue weighted by molar-refractivity contribution is 7.90. The van der Waals surface area contributed by atoms with E-state index in [9.17, 15) is 8.42 Å². The molecule has 0 heterocycles. The minimum atomic E-state index is -3.07. The van der Waals surface area contributed by atoms with Crippen molar-refractivity contribution in [3.63, 3.8) is 0 Å². The molecule has 0 fully saturated rings. The van der Waals surface area contributed by atoms with Crippen LogP contribution in [-0.4, -0.2) is 39.2 Å². The van der Waals surface area contributed by atoms with Crippen LogP contribution in [0.3, 0.4) is 0 Å². The van der Waals surface area contributed by atoms with Gasteiger partial charge in [-0.25, -0.2) is 13.9 Å². The molecule has 20 heavy (non-hydrogen) atoms. The number of hydroxylamine groups is 1. The van der Waals surface area contributed by atoms with Crippen LogP contribution in [0.15, 0.2) is 34.5 Å². The zero-order valence-corrected chi connectivity index (χ0v) is 12.4. The number of sulfone groups is 1. The molecular weight excluding hydrogens is 304 g/mol. The fraction of sp³-hybridized carbons (Fsp3) is 0.273. The van der Waals surface area contributed by atoms with Crippen molar-refractivity contribution in [1.29, 1.82) is 0 Å². The smallest absolute Gasteiger partial charge is 0.237 e. The minimum absolute atomic E-state index is 0.0384. The topological polar surface area (TPSA) is 106 Å². The summed E-state index contributed by atoms with van der Waals surface area (Å²) in [5.74, 6) is -0.210. The van der Waals surface area contributed by atoms with Crippen molar-refractivity contribution in [2.45, 2.75) is 0 Å². The molecule has 0 aliphatic rings. The summed E-state index contributed by atoms with van der Waals surface area (Å²) in [4.78, 5) is 4.81. The van der Waals surface area contributed by atoms with Crippen LogP contribution < -0.4 is 11.2 Å². The number of hydrogen-bond donors (Lipinski definition) is 2. The van der Waals surface area contributed by atoms with E-state index in [1.165, 1.54) is 6.21 Å². The van der Waals surface area contributed by atoms with Crippen LogP contribution in [0.4, 0.5) is 0 Å². The van der Waals surface area contributed by atoms with Crippen LogP contribution >= 0.6 is 11.6 Å². The Hall–Kier alpha value is -1.64. The highest BCUT2D eigenvalue weighted by atomic mass is 35.5. The number of rotatable bonds is 6. The molecular formula is C11H15ClN4O3S. The lowest BCUT2D eigenvalue weighted by molar-refractivity contribution is 0.0972. The highest BCUT2D eigenvalue weighted by Crippen LogP contribution is 2.12. The first-order chi connectivity index (χ1) is 9.38. The second kappa shape index (κ2) is 7.83. The van der Waals surface area contributed by atoms with Crippen molar-refractivity contribution in [1.82, 2.24) is 5.48 Å². The molecule has 0 aliphatic carbocycles. The number of hydrogen-bond acceptors (Lipinski definition) is 5. The molecule has 7 nitrogen and oxygen atoms in total. The van der Waals surface area contributed by atoms with Gasteiger partial charge in [0.15, 0.2) is 0 Å². The fourth-order valence-corrected chi connectivity index (χ4v) is 1.64. The quantitative estimate of drug-likeness (QED) is 0.345. The number of guanidine groups is 1. The molecule has 0 saturated carbocycles. The predicted octanol–water partition coefficient (Wildman–Crippen LogP) is 0.554. The third kappa shape index (κ3) is 7.07. The van der Waals surface area contributed by atoms with E-state index >= 15 is 0 Å². The molecule has 1 aromatic rings. The lowest BCUT2D eigenvalue weighted by Gasteiger charge is -2.03. The average molecular weight is 319 g/mol. The van der Waals surface area contributed by atoms with E-state index < -0.39 is 9.84 Å². The summed E-state index contributed by atoms with van der Waals surface area (Å²) in [6.45, 7) is -0.0384. The van der Waals surface area contributed by atoms with Crippen molar-refractivity contribution >= 4 is 33.6 Å². The summed E-state index contributed by atoms with van der Waals surface area (Å²) in [5, 5.41) is 7.88. The molecule has 0 aromatic heterocycles. The van der Waals surface area contributed by atoms with Crippen LogP contribution in [0.1, 0.15) is 5.56 Å². The number of nitrogens with zero attached hydrogens (tertiary/aromatic N) is 2. The largest absolute Gasteiger partial charge is 0.367 e. The van der Waals surface area contributed by atoms with Gasteiger partial charge in [0, 0.05) is 16.8 Å². The van der Waals surface area contributed by atoms with Gasteiger partial charge in [0.1, 0.15) is 9.84 Å². The Morgan fingerprint density at radius 3 is 2.85 bits per heavy atom. The normalized spacial score (nSPS) is 12.8. The minimum Gasteiger partial charge on any atom is -0.367 e. The number of nitrogens with one attached hydrogen (secondary N) is 1. The summed E-state index contributed by atoms with van der Waals surface area (Å²) in [6, 6.07) is 7.11. The van der Waals surface area contributed by atoms with E-state index in [2.05, 4.69) is 15.7 Å². The van der Waals surface area contributed by atoms with Crippen molar-refractivity contribution in [3.05, 3.63) is 34.9 Å². The molecule has 0 radical (unpaired) electrons. The van der Waals surface area contributed by atoms with E-state index in [0.717, 1.165) is 6.26 Å². The SMILES string of the molecule is CS(=O)(=O)CCON/C(N)=N\N=Cc1ccccc1Cl. The van der Waals surface area contributed by atoms with Crippen molar-refractivity contribution < 1.29 is 13.3 Å². The molecule has 0 saturated heterocycles. The Kier molecular flexibility index (Phi) is 6.43. The molecule has 1 aromatic carbocycles. The third-order valence-corrected chi connectivity index (χ3v) is 3.25. The Morgan fingerprint density at radius 1 is 1.50 bits per heavy atom. The highest BCUT2D eigenvalue weighted by Gasteiger charge is 2.01. The predicted molar refractivity (Wildman–Crippen MR) is 79.5 cm³/mol. The van der Waals surface area contributed by atoms with Gasteiger partial charge in [0.2, 0.25) is 5.96 Å². The molecule has 0 amide bonds. The molecule has 0 spiro atoms. The van der Waals surface area contributed by atoms with Crippen LogP contribution in [0, 0.1) is 0 Å². The van der Waals surface area contributed by atoms with E-state index in [1.54, 1.807) is 18.2 Å². The summed E-state index contributed by atoms with van der Waals surface area (Å²) in [6.07, 6.45) is 2.55. The van der Waals surface area contributed by atoms with Gasteiger partial charge in [-0.15, -0.1) is 5.10 Å². The number of halogens is 1. The molecule has 3 N–H and O–H groups in total. The molecule has 0 atom stereocenters. The summed E-state index contributed by atoms with van der Waals surface area (Å²) in [5.41, 5.74) is 8.41. The summed E-state index contributed by atoms with van der Waals surface area (Å²) >= 11 is 5.92. The first-order valence-corrected chi connectivity index (χ1v) is 7.99. The second-order valence-corrected chi connectivity index (χ2v) is 6.50. The summed E-state index contributed by atoms with van der Waals surface area (Å²) < 4.78 is 21.7. The van der Waals surface area contributed by atoms with E-state index in [-0.39, 0.29) is 18.3 Å². The monoisotopic (exact) mass is 318 g/mol. The van der Waals surface area contributed by atoms with Crippen LogP contribution in [0.5, 0.6) is 0 Å². The number of benzene rings is 1. The van der Waals surface area contributed by atoms with Crippen LogP contribution in [-0.2, 0) is 14.7 Å². The van der Waals surface area contributed by atoms with Gasteiger partial charge in [-0.05, 0) is 6.07 Å². The fourth-order valence-electron chi connectivity index (χ4n) is 1.07. The van der Waals surface area contributed by atoms with Crippen LogP contribution in [0.25, 0.3) is 0 Å². The molecule has 1 rings (SSSR count). The zero-order valence-electron chi connectivity index (χ0n) is 10.8. The Balaban J connectivity index is 2.40. The molecule has 0 unspecified atom stereocenters. The van der Waals surface area contributed by atoms with Gasteiger partial charge in [0.25, 0.3) is 0 Å². The molecule has 110 valence electrons. The molecule has 9 heteroatoms. The van der Waals surface area contributed by atoms with Gasteiger partial charge in [0.05, 0.1) is 18.6 Å². The van der Waals surface area contributed by atoms with E-state index in [4.69, 9.17) is 22.2 Å². The van der Waals surface area contributed by atoms with Crippen molar-refractivity contribution in [3.8, 4) is 0 Å². The maximum absolute atomic E-state index is 10.8. The van der Waals surface area contributed by atoms with Gasteiger partial charge in [-0.3, -0.25) is 4.84 Å². The molecule has 0 bridgehead atoms. The lowest BCUT2D eigenvalue weighted by Crippen LogP contribution is -2.32.